The first-order chi connectivity index (χ1) is 21.3. The van der Waals surface area contributed by atoms with Crippen LogP contribution in [0, 0.1) is 0 Å². The summed E-state index contributed by atoms with van der Waals surface area (Å²) in [6.07, 6.45) is 0. The molecule has 7 aromatic carbocycles. The molecule has 0 aliphatic rings. The Kier molecular flexibility index (Phi) is 7.56. The van der Waals surface area contributed by atoms with E-state index in [1.54, 1.807) is 0 Å². The Hall–Kier alpha value is -5.36. The van der Waals surface area contributed by atoms with Crippen LogP contribution in [0.2, 0.25) is 0 Å². The normalized spacial score (nSPS) is 11.0. The van der Waals surface area contributed by atoms with E-state index >= 15 is 0 Å². The summed E-state index contributed by atoms with van der Waals surface area (Å²) in [7, 11) is -0.698. The highest BCUT2D eigenvalue weighted by atomic mass is 16.7. The average molecular weight is 556 g/mol. The molecule has 206 valence electrons. The fourth-order valence-electron chi connectivity index (χ4n) is 5.40. The van der Waals surface area contributed by atoms with Crippen molar-refractivity contribution in [1.82, 2.24) is 0 Å². The van der Waals surface area contributed by atoms with E-state index in [2.05, 4.69) is 120 Å². The maximum atomic E-state index is 6.06. The van der Waals surface area contributed by atoms with Gasteiger partial charge in [-0.3, -0.25) is 20.5 Å². The SMILES string of the molecule is c1ccc(B(ONc2ccc(-c3cccc4ccccc34)cc2)ONc2ccc(-c3cccc4ccccc34)cc2)cc1. The summed E-state index contributed by atoms with van der Waals surface area (Å²) >= 11 is 0. The van der Waals surface area contributed by atoms with E-state index in [-0.39, 0.29) is 0 Å². The summed E-state index contributed by atoms with van der Waals surface area (Å²) in [5.41, 5.74) is 13.4. The Morgan fingerprint density at radius 1 is 0.372 bits per heavy atom. The molecule has 2 N–H and O–H groups in total. The molecule has 5 heteroatoms. The van der Waals surface area contributed by atoms with Gasteiger partial charge in [-0.25, -0.2) is 0 Å². The number of hydrogen-bond donors (Lipinski definition) is 2. The molecule has 0 saturated heterocycles. The molecule has 0 aliphatic heterocycles. The zero-order chi connectivity index (χ0) is 28.8. The third kappa shape index (κ3) is 5.86. The van der Waals surface area contributed by atoms with Crippen molar-refractivity contribution in [2.24, 2.45) is 0 Å². The second-order valence-corrected chi connectivity index (χ2v) is 10.4. The van der Waals surface area contributed by atoms with Crippen molar-refractivity contribution in [3.63, 3.8) is 0 Å². The van der Waals surface area contributed by atoms with E-state index in [1.165, 1.54) is 32.7 Å². The highest BCUT2D eigenvalue weighted by Gasteiger charge is 2.23. The van der Waals surface area contributed by atoms with Crippen molar-refractivity contribution < 1.29 is 9.51 Å². The van der Waals surface area contributed by atoms with Crippen LogP contribution in [0.15, 0.2) is 164 Å². The predicted octanol–water partition coefficient (Wildman–Crippen LogP) is 9.11. The van der Waals surface area contributed by atoms with Gasteiger partial charge in [0.2, 0.25) is 0 Å². The van der Waals surface area contributed by atoms with Gasteiger partial charge in [-0.1, -0.05) is 140 Å². The maximum Gasteiger partial charge on any atom is 0.538 e. The molecular weight excluding hydrogens is 527 g/mol. The molecule has 0 heterocycles. The Morgan fingerprint density at radius 3 is 1.28 bits per heavy atom. The quantitative estimate of drug-likeness (QED) is 0.138. The van der Waals surface area contributed by atoms with E-state index in [0.29, 0.717) is 0 Å². The number of nitrogens with one attached hydrogen (secondary N) is 2. The zero-order valence-electron chi connectivity index (χ0n) is 23.5. The van der Waals surface area contributed by atoms with Crippen molar-refractivity contribution in [2.75, 3.05) is 11.0 Å². The van der Waals surface area contributed by atoms with Crippen LogP contribution in [0.4, 0.5) is 11.4 Å². The molecule has 0 radical (unpaired) electrons. The lowest BCUT2D eigenvalue weighted by atomic mass is 9.80. The van der Waals surface area contributed by atoms with E-state index in [1.807, 2.05) is 54.6 Å². The number of hydrogen-bond acceptors (Lipinski definition) is 4. The topological polar surface area (TPSA) is 42.5 Å². The van der Waals surface area contributed by atoms with Gasteiger partial charge in [0, 0.05) is 0 Å². The van der Waals surface area contributed by atoms with Crippen LogP contribution >= 0.6 is 0 Å². The van der Waals surface area contributed by atoms with Crippen molar-refractivity contribution in [1.29, 1.82) is 0 Å². The molecule has 43 heavy (non-hydrogen) atoms. The van der Waals surface area contributed by atoms with Gasteiger partial charge in [-0.15, -0.1) is 0 Å². The summed E-state index contributed by atoms with van der Waals surface area (Å²) in [6.45, 7) is 0. The minimum atomic E-state index is -0.698. The molecular formula is C38H29BN2O2. The number of fused-ring (bicyclic) bond motifs is 2. The first-order valence-electron chi connectivity index (χ1n) is 14.4. The van der Waals surface area contributed by atoms with Crippen LogP contribution in [-0.2, 0) is 9.51 Å². The number of anilines is 2. The van der Waals surface area contributed by atoms with Crippen molar-refractivity contribution >= 4 is 45.5 Å². The summed E-state index contributed by atoms with van der Waals surface area (Å²) < 4.78 is 12.1. The molecule has 7 aromatic rings. The van der Waals surface area contributed by atoms with E-state index < -0.39 is 7.12 Å². The second-order valence-electron chi connectivity index (χ2n) is 10.4. The molecule has 4 nitrogen and oxygen atoms in total. The minimum Gasteiger partial charge on any atom is -0.294 e. The van der Waals surface area contributed by atoms with Crippen molar-refractivity contribution in [2.45, 2.75) is 0 Å². The van der Waals surface area contributed by atoms with Crippen LogP contribution in [0.5, 0.6) is 0 Å². The largest absolute Gasteiger partial charge is 0.538 e. The first-order valence-corrected chi connectivity index (χ1v) is 14.4. The molecule has 0 aromatic heterocycles. The van der Waals surface area contributed by atoms with Gasteiger partial charge in [-0.05, 0) is 73.5 Å². The standard InChI is InChI=1S/C38H29BN2O2/c1-2-14-32(15-3-1)39(42-40-33-24-20-30(21-25-33)37-18-8-12-28-10-4-6-16-35(28)37)43-41-34-26-22-31(23-27-34)38-19-9-13-29-11-5-7-17-36(29)38/h1-27,40-41H. The maximum absolute atomic E-state index is 6.06. The van der Waals surface area contributed by atoms with E-state index in [0.717, 1.165) is 28.0 Å². The number of rotatable bonds is 9. The molecule has 0 bridgehead atoms. The third-order valence-corrected chi connectivity index (χ3v) is 7.61. The third-order valence-electron chi connectivity index (χ3n) is 7.61. The van der Waals surface area contributed by atoms with Gasteiger partial charge < -0.3 is 0 Å². The lowest BCUT2D eigenvalue weighted by Crippen LogP contribution is -2.40. The van der Waals surface area contributed by atoms with Gasteiger partial charge in [0.15, 0.2) is 0 Å². The highest BCUT2D eigenvalue weighted by Crippen LogP contribution is 2.30. The molecule has 0 unspecified atom stereocenters. The Labute approximate surface area is 251 Å². The van der Waals surface area contributed by atoms with Gasteiger partial charge in [0.25, 0.3) is 0 Å². The van der Waals surface area contributed by atoms with Crippen molar-refractivity contribution in [3.05, 3.63) is 164 Å². The Balaban J connectivity index is 1.04. The van der Waals surface area contributed by atoms with Gasteiger partial charge in [0.05, 0.1) is 11.4 Å². The predicted molar refractivity (Wildman–Crippen MR) is 180 cm³/mol. The monoisotopic (exact) mass is 556 g/mol. The van der Waals surface area contributed by atoms with Crippen LogP contribution in [0.1, 0.15) is 0 Å². The molecule has 0 saturated carbocycles. The molecule has 0 spiro atoms. The van der Waals surface area contributed by atoms with Crippen LogP contribution < -0.4 is 16.4 Å². The Bertz CT molecular complexity index is 1840. The summed E-state index contributed by atoms with van der Waals surface area (Å²) in [6, 6.07) is 56.0. The smallest absolute Gasteiger partial charge is 0.294 e. The summed E-state index contributed by atoms with van der Waals surface area (Å²) in [5.74, 6) is 0. The van der Waals surface area contributed by atoms with Crippen LogP contribution in [0.25, 0.3) is 43.8 Å². The van der Waals surface area contributed by atoms with E-state index in [9.17, 15) is 0 Å². The van der Waals surface area contributed by atoms with Crippen LogP contribution in [-0.4, -0.2) is 7.12 Å². The summed E-state index contributed by atoms with van der Waals surface area (Å²) in [4.78, 5) is 0. The zero-order valence-corrected chi connectivity index (χ0v) is 23.5. The molecule has 0 aliphatic carbocycles. The van der Waals surface area contributed by atoms with Gasteiger partial charge >= 0.3 is 7.12 Å². The Morgan fingerprint density at radius 2 is 0.791 bits per heavy atom. The highest BCUT2D eigenvalue weighted by molar-refractivity contribution is 6.61. The molecule has 0 atom stereocenters. The fourth-order valence-corrected chi connectivity index (χ4v) is 5.40. The van der Waals surface area contributed by atoms with Gasteiger partial charge in [-0.2, -0.15) is 0 Å². The van der Waals surface area contributed by atoms with Gasteiger partial charge in [0.1, 0.15) is 0 Å². The van der Waals surface area contributed by atoms with Crippen LogP contribution in [0.3, 0.4) is 0 Å². The van der Waals surface area contributed by atoms with E-state index in [4.69, 9.17) is 9.51 Å². The average Bonchev–Trinajstić information content (AvgIpc) is 3.09. The fraction of sp³-hybridized carbons (Fsp3) is 0. The lowest BCUT2D eigenvalue weighted by Gasteiger charge is -2.17. The number of benzene rings is 7. The van der Waals surface area contributed by atoms with Crippen molar-refractivity contribution in [3.8, 4) is 22.3 Å². The molecule has 0 amide bonds. The molecule has 7 rings (SSSR count). The molecule has 0 fully saturated rings. The minimum absolute atomic E-state index is 0.698. The lowest BCUT2D eigenvalue weighted by molar-refractivity contribution is 0.284. The first kappa shape index (κ1) is 26.5. The summed E-state index contributed by atoms with van der Waals surface area (Å²) in [5, 5.41) is 4.92. The second kappa shape index (κ2) is 12.3.